The molecule has 1 aromatic heterocycles. The fraction of sp³-hybridized carbons (Fsp3) is 0.389. The first-order chi connectivity index (χ1) is 11.2. The van der Waals surface area contributed by atoms with Gasteiger partial charge in [-0.15, -0.1) is 0 Å². The Hall–Kier alpha value is -1.23. The van der Waals surface area contributed by atoms with E-state index < -0.39 is 0 Å². The average molecular weight is 349 g/mol. The predicted octanol–water partition coefficient (Wildman–Crippen LogP) is 4.48. The Kier molecular flexibility index (Phi) is 5.46. The molecule has 1 aliphatic rings. The Bertz CT molecular complexity index is 660. The van der Waals surface area contributed by atoms with Gasteiger partial charge in [-0.2, -0.15) is 0 Å². The van der Waals surface area contributed by atoms with Crippen molar-refractivity contribution < 1.29 is 4.18 Å². The number of hydrogen-bond acceptors (Lipinski definition) is 4. The number of nitrogens with zero attached hydrogens (tertiary/aromatic N) is 2. The Labute approximate surface area is 147 Å². The van der Waals surface area contributed by atoms with Gasteiger partial charge >= 0.3 is 0 Å². The molecule has 1 aromatic carbocycles. The first-order valence-electron chi connectivity index (χ1n) is 7.80. The third-order valence-corrected chi connectivity index (χ3v) is 5.31. The van der Waals surface area contributed by atoms with Gasteiger partial charge in [0, 0.05) is 41.9 Å². The second kappa shape index (κ2) is 7.56. The van der Waals surface area contributed by atoms with Gasteiger partial charge in [0.05, 0.1) is 7.11 Å². The minimum absolute atomic E-state index is 0.588. The highest BCUT2D eigenvalue weighted by Crippen LogP contribution is 2.33. The standard InChI is InChI=1S/C18H21ClN2OS/c1-13-16(19)10-18(20-17(13)8-9-23-22-2)21-11-15(12-21)14-6-4-3-5-7-14/h3-7,10,15H,8-9,11-12H2,1-2H3. The third kappa shape index (κ3) is 3.82. The van der Waals surface area contributed by atoms with E-state index in [4.69, 9.17) is 20.8 Å². The summed E-state index contributed by atoms with van der Waals surface area (Å²) in [5, 5.41) is 0.801. The van der Waals surface area contributed by atoms with Crippen molar-refractivity contribution in [3.63, 3.8) is 0 Å². The van der Waals surface area contributed by atoms with Crippen molar-refractivity contribution in [3.8, 4) is 0 Å². The number of benzene rings is 1. The summed E-state index contributed by atoms with van der Waals surface area (Å²) in [4.78, 5) is 7.13. The lowest BCUT2D eigenvalue weighted by molar-refractivity contribution is 0.489. The summed E-state index contributed by atoms with van der Waals surface area (Å²) in [6, 6.07) is 12.7. The van der Waals surface area contributed by atoms with Crippen molar-refractivity contribution in [3.05, 3.63) is 58.2 Å². The van der Waals surface area contributed by atoms with Crippen LogP contribution in [0.1, 0.15) is 22.7 Å². The maximum absolute atomic E-state index is 6.41. The molecule has 0 aliphatic carbocycles. The molecule has 23 heavy (non-hydrogen) atoms. The van der Waals surface area contributed by atoms with Crippen LogP contribution in [-0.2, 0) is 10.6 Å². The van der Waals surface area contributed by atoms with Crippen LogP contribution in [0.15, 0.2) is 36.4 Å². The zero-order chi connectivity index (χ0) is 16.2. The SMILES string of the molecule is COSCCc1nc(N2CC(c3ccccc3)C2)cc(Cl)c1C. The van der Waals surface area contributed by atoms with Crippen molar-refractivity contribution in [2.24, 2.45) is 0 Å². The van der Waals surface area contributed by atoms with Crippen LogP contribution in [0.2, 0.25) is 5.02 Å². The predicted molar refractivity (Wildman–Crippen MR) is 98.6 cm³/mol. The van der Waals surface area contributed by atoms with E-state index in [1.807, 2.05) is 13.0 Å². The Morgan fingerprint density at radius 1 is 1.30 bits per heavy atom. The zero-order valence-electron chi connectivity index (χ0n) is 13.5. The van der Waals surface area contributed by atoms with Crippen molar-refractivity contribution in [2.75, 3.05) is 30.9 Å². The lowest BCUT2D eigenvalue weighted by Gasteiger charge is -2.40. The highest BCUT2D eigenvalue weighted by atomic mass is 35.5. The van der Waals surface area contributed by atoms with E-state index in [2.05, 4.69) is 35.2 Å². The van der Waals surface area contributed by atoms with E-state index in [1.54, 1.807) is 7.11 Å². The fourth-order valence-electron chi connectivity index (χ4n) is 2.84. The quantitative estimate of drug-likeness (QED) is 0.567. The first kappa shape index (κ1) is 16.6. The monoisotopic (exact) mass is 348 g/mol. The van der Waals surface area contributed by atoms with Crippen LogP contribution in [0.5, 0.6) is 0 Å². The maximum atomic E-state index is 6.41. The van der Waals surface area contributed by atoms with Crippen LogP contribution < -0.4 is 4.90 Å². The molecule has 0 atom stereocenters. The van der Waals surface area contributed by atoms with Gasteiger partial charge in [-0.05, 0) is 36.2 Å². The topological polar surface area (TPSA) is 25.4 Å². The molecule has 0 spiro atoms. The van der Waals surface area contributed by atoms with Gasteiger partial charge < -0.3 is 9.08 Å². The fourth-order valence-corrected chi connectivity index (χ4v) is 3.49. The van der Waals surface area contributed by atoms with E-state index in [-0.39, 0.29) is 0 Å². The molecule has 0 amide bonds. The number of aryl methyl sites for hydroxylation is 1. The molecule has 2 aromatic rings. The molecule has 3 rings (SSSR count). The molecule has 1 saturated heterocycles. The molecule has 0 radical (unpaired) electrons. The van der Waals surface area contributed by atoms with Gasteiger partial charge in [0.2, 0.25) is 0 Å². The number of anilines is 1. The molecular formula is C18H21ClN2OS. The summed E-state index contributed by atoms with van der Waals surface area (Å²) < 4.78 is 5.05. The number of pyridine rings is 1. The molecule has 1 aliphatic heterocycles. The van der Waals surface area contributed by atoms with Crippen LogP contribution in [0.25, 0.3) is 0 Å². The molecule has 3 nitrogen and oxygen atoms in total. The molecule has 0 unspecified atom stereocenters. The summed E-state index contributed by atoms with van der Waals surface area (Å²) in [6.45, 7) is 4.04. The molecule has 0 saturated carbocycles. The molecule has 0 N–H and O–H groups in total. The van der Waals surface area contributed by atoms with Crippen molar-refractivity contribution in [1.29, 1.82) is 0 Å². The lowest BCUT2D eigenvalue weighted by Crippen LogP contribution is -2.45. The van der Waals surface area contributed by atoms with Crippen LogP contribution in [-0.4, -0.2) is 30.9 Å². The Morgan fingerprint density at radius 3 is 2.74 bits per heavy atom. The molecule has 1 fully saturated rings. The average Bonchev–Trinajstić information content (AvgIpc) is 2.51. The third-order valence-electron chi connectivity index (χ3n) is 4.31. The van der Waals surface area contributed by atoms with Gasteiger partial charge in [-0.1, -0.05) is 41.9 Å². The summed E-state index contributed by atoms with van der Waals surface area (Å²) >= 11 is 7.86. The van der Waals surface area contributed by atoms with Crippen molar-refractivity contribution in [1.82, 2.24) is 4.98 Å². The second-order valence-corrected chi connectivity index (χ2v) is 7.17. The van der Waals surface area contributed by atoms with E-state index in [1.165, 1.54) is 17.6 Å². The van der Waals surface area contributed by atoms with Crippen LogP contribution in [0.4, 0.5) is 5.82 Å². The molecule has 2 heterocycles. The summed E-state index contributed by atoms with van der Waals surface area (Å²) in [5.41, 5.74) is 3.55. The van der Waals surface area contributed by atoms with Gasteiger partial charge in [-0.25, -0.2) is 4.98 Å². The summed E-state index contributed by atoms with van der Waals surface area (Å²) in [6.07, 6.45) is 0.869. The number of halogens is 1. The number of hydrogen-bond donors (Lipinski definition) is 0. The minimum atomic E-state index is 0.588. The normalized spacial score (nSPS) is 14.8. The highest BCUT2D eigenvalue weighted by Gasteiger charge is 2.29. The smallest absolute Gasteiger partial charge is 0.130 e. The Balaban J connectivity index is 1.69. The van der Waals surface area contributed by atoms with E-state index in [0.717, 1.165) is 47.4 Å². The van der Waals surface area contributed by atoms with E-state index >= 15 is 0 Å². The van der Waals surface area contributed by atoms with Crippen molar-refractivity contribution >= 4 is 29.5 Å². The largest absolute Gasteiger partial charge is 0.355 e. The molecule has 0 bridgehead atoms. The van der Waals surface area contributed by atoms with E-state index in [0.29, 0.717) is 5.92 Å². The first-order valence-corrected chi connectivity index (χ1v) is 9.09. The zero-order valence-corrected chi connectivity index (χ0v) is 15.0. The summed E-state index contributed by atoms with van der Waals surface area (Å²) in [7, 11) is 1.69. The maximum Gasteiger partial charge on any atom is 0.130 e. The van der Waals surface area contributed by atoms with Crippen LogP contribution in [0.3, 0.4) is 0 Å². The number of rotatable bonds is 6. The Morgan fingerprint density at radius 2 is 2.04 bits per heavy atom. The van der Waals surface area contributed by atoms with E-state index in [9.17, 15) is 0 Å². The van der Waals surface area contributed by atoms with Gasteiger partial charge in [0.15, 0.2) is 0 Å². The molecular weight excluding hydrogens is 328 g/mol. The second-order valence-electron chi connectivity index (χ2n) is 5.79. The van der Waals surface area contributed by atoms with Crippen molar-refractivity contribution in [2.45, 2.75) is 19.3 Å². The highest BCUT2D eigenvalue weighted by molar-refractivity contribution is 7.94. The van der Waals surface area contributed by atoms with Gasteiger partial charge in [0.1, 0.15) is 5.82 Å². The van der Waals surface area contributed by atoms with Gasteiger partial charge in [0.25, 0.3) is 0 Å². The minimum Gasteiger partial charge on any atom is -0.355 e. The number of aromatic nitrogens is 1. The van der Waals surface area contributed by atoms with Crippen LogP contribution in [0, 0.1) is 6.92 Å². The lowest BCUT2D eigenvalue weighted by atomic mass is 9.91. The van der Waals surface area contributed by atoms with Crippen LogP contribution >= 0.6 is 23.6 Å². The molecule has 5 heteroatoms. The molecule has 122 valence electrons. The summed E-state index contributed by atoms with van der Waals surface area (Å²) in [5.74, 6) is 2.47. The van der Waals surface area contributed by atoms with Gasteiger partial charge in [-0.3, -0.25) is 0 Å².